The third kappa shape index (κ3) is 2.86. The summed E-state index contributed by atoms with van der Waals surface area (Å²) in [5.74, 6) is 0. The number of rotatable bonds is 4. The van der Waals surface area contributed by atoms with E-state index in [9.17, 15) is 0 Å². The van der Waals surface area contributed by atoms with Crippen LogP contribution >= 0.6 is 0 Å². The molecule has 0 saturated heterocycles. The summed E-state index contributed by atoms with van der Waals surface area (Å²) in [5.41, 5.74) is 3.51. The van der Waals surface area contributed by atoms with E-state index in [0.717, 1.165) is 24.5 Å². The zero-order valence-corrected chi connectivity index (χ0v) is 9.77. The number of benzene rings is 1. The molecule has 3 heteroatoms. The molecule has 0 fully saturated rings. The van der Waals surface area contributed by atoms with Gasteiger partial charge in [-0.05, 0) is 32.0 Å². The molecule has 1 N–H and O–H groups in total. The fourth-order valence-electron chi connectivity index (χ4n) is 1.57. The average molecular weight is 215 g/mol. The first-order valence-electron chi connectivity index (χ1n) is 5.54. The first kappa shape index (κ1) is 10.7. The molecule has 3 nitrogen and oxygen atoms in total. The van der Waals surface area contributed by atoms with Crippen molar-refractivity contribution in [2.24, 2.45) is 0 Å². The van der Waals surface area contributed by atoms with E-state index in [0.29, 0.717) is 0 Å². The molecular weight excluding hydrogens is 198 g/mol. The van der Waals surface area contributed by atoms with Crippen LogP contribution < -0.4 is 5.32 Å². The van der Waals surface area contributed by atoms with Gasteiger partial charge < -0.3 is 5.32 Å². The highest BCUT2D eigenvalue weighted by Gasteiger charge is 1.94. The molecule has 84 valence electrons. The number of hydrogen-bond acceptors (Lipinski definition) is 2. The van der Waals surface area contributed by atoms with Crippen molar-refractivity contribution < 1.29 is 0 Å². The van der Waals surface area contributed by atoms with Gasteiger partial charge in [0.05, 0.1) is 12.2 Å². The summed E-state index contributed by atoms with van der Waals surface area (Å²) in [7, 11) is 0. The number of aryl methyl sites for hydroxylation is 2. The predicted octanol–water partition coefficient (Wildman–Crippen LogP) is 2.61. The van der Waals surface area contributed by atoms with Gasteiger partial charge in [0.15, 0.2) is 0 Å². The van der Waals surface area contributed by atoms with E-state index in [1.165, 1.54) is 5.56 Å². The van der Waals surface area contributed by atoms with E-state index in [1.807, 2.05) is 23.9 Å². The van der Waals surface area contributed by atoms with E-state index < -0.39 is 0 Å². The molecule has 2 rings (SSSR count). The molecule has 0 unspecified atom stereocenters. The van der Waals surface area contributed by atoms with Gasteiger partial charge in [-0.1, -0.05) is 17.7 Å². The summed E-state index contributed by atoms with van der Waals surface area (Å²) in [6.07, 6.45) is 2.01. The zero-order chi connectivity index (χ0) is 11.4. The van der Waals surface area contributed by atoms with Crippen LogP contribution in [0.2, 0.25) is 0 Å². The minimum absolute atomic E-state index is 0.891. The Morgan fingerprint density at radius 1 is 1.12 bits per heavy atom. The molecule has 1 aromatic heterocycles. The number of hydrogen-bond donors (Lipinski definition) is 1. The monoisotopic (exact) mass is 215 g/mol. The Morgan fingerprint density at radius 2 is 1.88 bits per heavy atom. The SMILES string of the molecule is Cc1ccc(NCCn2ccc(C)n2)cc1. The molecule has 0 amide bonds. The molecule has 0 radical (unpaired) electrons. The Labute approximate surface area is 96.1 Å². The van der Waals surface area contributed by atoms with Gasteiger partial charge >= 0.3 is 0 Å². The lowest BCUT2D eigenvalue weighted by Gasteiger charge is -2.06. The maximum Gasteiger partial charge on any atom is 0.0593 e. The standard InChI is InChI=1S/C13H17N3/c1-11-3-5-13(6-4-11)14-8-10-16-9-7-12(2)15-16/h3-7,9,14H,8,10H2,1-2H3. The molecule has 1 aromatic carbocycles. The fourth-order valence-corrected chi connectivity index (χ4v) is 1.57. The van der Waals surface area contributed by atoms with Crippen LogP contribution in [0, 0.1) is 13.8 Å². The third-order valence-electron chi connectivity index (χ3n) is 2.50. The Morgan fingerprint density at radius 3 is 2.50 bits per heavy atom. The quantitative estimate of drug-likeness (QED) is 0.849. The average Bonchev–Trinajstić information content (AvgIpc) is 2.67. The summed E-state index contributed by atoms with van der Waals surface area (Å²) in [6.45, 7) is 5.88. The van der Waals surface area contributed by atoms with Crippen molar-refractivity contribution >= 4 is 5.69 Å². The molecule has 2 aromatic rings. The zero-order valence-electron chi connectivity index (χ0n) is 9.77. The second kappa shape index (κ2) is 4.84. The highest BCUT2D eigenvalue weighted by atomic mass is 15.3. The van der Waals surface area contributed by atoms with Crippen LogP contribution in [0.3, 0.4) is 0 Å². The molecule has 0 atom stereocenters. The molecule has 0 saturated carbocycles. The van der Waals surface area contributed by atoms with Crippen molar-refractivity contribution in [3.8, 4) is 0 Å². The molecule has 16 heavy (non-hydrogen) atoms. The normalized spacial score (nSPS) is 10.4. The van der Waals surface area contributed by atoms with Gasteiger partial charge in [0, 0.05) is 18.4 Å². The fraction of sp³-hybridized carbons (Fsp3) is 0.308. The van der Waals surface area contributed by atoms with Crippen molar-refractivity contribution in [3.63, 3.8) is 0 Å². The van der Waals surface area contributed by atoms with E-state index in [4.69, 9.17) is 0 Å². The molecule has 0 aliphatic rings. The lowest BCUT2D eigenvalue weighted by molar-refractivity contribution is 0.632. The van der Waals surface area contributed by atoms with Gasteiger partial charge in [-0.2, -0.15) is 5.10 Å². The maximum absolute atomic E-state index is 4.33. The van der Waals surface area contributed by atoms with Gasteiger partial charge in [-0.15, -0.1) is 0 Å². The van der Waals surface area contributed by atoms with Gasteiger partial charge in [-0.25, -0.2) is 0 Å². The molecular formula is C13H17N3. The number of nitrogens with one attached hydrogen (secondary N) is 1. The molecule has 0 spiro atoms. The van der Waals surface area contributed by atoms with Crippen LogP contribution in [0.4, 0.5) is 5.69 Å². The van der Waals surface area contributed by atoms with Crippen molar-refractivity contribution in [1.29, 1.82) is 0 Å². The van der Waals surface area contributed by atoms with Gasteiger partial charge in [0.25, 0.3) is 0 Å². The molecule has 0 bridgehead atoms. The minimum Gasteiger partial charge on any atom is -0.383 e. The summed E-state index contributed by atoms with van der Waals surface area (Å²) < 4.78 is 1.95. The molecule has 1 heterocycles. The topological polar surface area (TPSA) is 29.9 Å². The summed E-state index contributed by atoms with van der Waals surface area (Å²) in [5, 5.41) is 7.70. The van der Waals surface area contributed by atoms with Crippen molar-refractivity contribution in [1.82, 2.24) is 9.78 Å². The minimum atomic E-state index is 0.891. The summed E-state index contributed by atoms with van der Waals surface area (Å²) in [6, 6.07) is 10.4. The van der Waals surface area contributed by atoms with Gasteiger partial charge in [0.1, 0.15) is 0 Å². The predicted molar refractivity (Wildman–Crippen MR) is 66.6 cm³/mol. The number of anilines is 1. The first-order chi connectivity index (χ1) is 7.74. The third-order valence-corrected chi connectivity index (χ3v) is 2.50. The number of nitrogens with zero attached hydrogens (tertiary/aromatic N) is 2. The first-order valence-corrected chi connectivity index (χ1v) is 5.54. The van der Waals surface area contributed by atoms with Gasteiger partial charge in [0.2, 0.25) is 0 Å². The van der Waals surface area contributed by atoms with Crippen LogP contribution in [0.5, 0.6) is 0 Å². The maximum atomic E-state index is 4.33. The second-order valence-corrected chi connectivity index (χ2v) is 4.01. The Hall–Kier alpha value is -1.77. The highest BCUT2D eigenvalue weighted by Crippen LogP contribution is 2.07. The Kier molecular flexibility index (Phi) is 3.25. The van der Waals surface area contributed by atoms with Crippen molar-refractivity contribution in [2.45, 2.75) is 20.4 Å². The van der Waals surface area contributed by atoms with Crippen molar-refractivity contribution in [2.75, 3.05) is 11.9 Å². The highest BCUT2D eigenvalue weighted by molar-refractivity contribution is 5.44. The van der Waals surface area contributed by atoms with Crippen LogP contribution in [-0.4, -0.2) is 16.3 Å². The van der Waals surface area contributed by atoms with Gasteiger partial charge in [-0.3, -0.25) is 4.68 Å². The number of aromatic nitrogens is 2. The summed E-state index contributed by atoms with van der Waals surface area (Å²) in [4.78, 5) is 0. The molecule has 0 aliphatic heterocycles. The van der Waals surface area contributed by atoms with E-state index >= 15 is 0 Å². The summed E-state index contributed by atoms with van der Waals surface area (Å²) >= 11 is 0. The smallest absolute Gasteiger partial charge is 0.0593 e. The van der Waals surface area contributed by atoms with Crippen LogP contribution in [0.15, 0.2) is 36.5 Å². The Balaban J connectivity index is 1.82. The van der Waals surface area contributed by atoms with E-state index in [1.54, 1.807) is 0 Å². The lowest BCUT2D eigenvalue weighted by atomic mass is 10.2. The van der Waals surface area contributed by atoms with E-state index in [2.05, 4.69) is 41.6 Å². The van der Waals surface area contributed by atoms with Crippen LogP contribution in [0.25, 0.3) is 0 Å². The second-order valence-electron chi connectivity index (χ2n) is 4.01. The largest absolute Gasteiger partial charge is 0.383 e. The lowest BCUT2D eigenvalue weighted by Crippen LogP contribution is -2.10. The van der Waals surface area contributed by atoms with Crippen molar-refractivity contribution in [3.05, 3.63) is 47.8 Å². The Bertz CT molecular complexity index is 442. The van der Waals surface area contributed by atoms with E-state index in [-0.39, 0.29) is 0 Å². The van der Waals surface area contributed by atoms with Crippen LogP contribution in [0.1, 0.15) is 11.3 Å². The molecule has 0 aliphatic carbocycles. The van der Waals surface area contributed by atoms with Crippen LogP contribution in [-0.2, 0) is 6.54 Å².